The molecule has 0 fully saturated rings. The predicted octanol–water partition coefficient (Wildman–Crippen LogP) is 1.24. The Labute approximate surface area is 47.2 Å². The molecule has 8 heavy (non-hydrogen) atoms. The van der Waals surface area contributed by atoms with Crippen LogP contribution in [0.1, 0.15) is 12.8 Å². The Morgan fingerprint density at radius 3 is 2.88 bits per heavy atom. The van der Waals surface area contributed by atoms with E-state index in [0.717, 1.165) is 0 Å². The van der Waals surface area contributed by atoms with E-state index < -0.39 is 6.17 Å². The van der Waals surface area contributed by atoms with Crippen LogP contribution in [-0.4, -0.2) is 12.0 Å². The average Bonchev–Trinajstić information content (AvgIpc) is 1.77. The third kappa shape index (κ3) is 0.941. The number of carbonyl (C=O) groups excluding carboxylic acids is 1. The van der Waals surface area contributed by atoms with Crippen LogP contribution in [-0.2, 0) is 4.79 Å². The SMILES string of the molecule is O=C1C=CCCC1F. The third-order valence-electron chi connectivity index (χ3n) is 1.18. The molecule has 44 valence electrons. The molecular weight excluding hydrogens is 107 g/mol. The zero-order valence-electron chi connectivity index (χ0n) is 4.43. The van der Waals surface area contributed by atoms with Crippen LogP contribution in [0.5, 0.6) is 0 Å². The summed E-state index contributed by atoms with van der Waals surface area (Å²) in [6, 6.07) is 0. The van der Waals surface area contributed by atoms with Crippen molar-refractivity contribution in [3.8, 4) is 0 Å². The van der Waals surface area contributed by atoms with Gasteiger partial charge < -0.3 is 0 Å². The van der Waals surface area contributed by atoms with Crippen LogP contribution < -0.4 is 0 Å². The normalized spacial score (nSPS) is 28.6. The fraction of sp³-hybridized carbons (Fsp3) is 0.500. The standard InChI is InChI=1S/C6H7FO/c7-5-3-1-2-4-6(5)8/h2,4-5H,1,3H2. The van der Waals surface area contributed by atoms with Crippen molar-refractivity contribution in [3.63, 3.8) is 0 Å². The highest BCUT2D eigenvalue weighted by Crippen LogP contribution is 2.09. The molecule has 0 saturated heterocycles. The summed E-state index contributed by atoms with van der Waals surface area (Å²) >= 11 is 0. The van der Waals surface area contributed by atoms with Gasteiger partial charge in [0.1, 0.15) is 0 Å². The number of hydrogen-bond donors (Lipinski definition) is 0. The minimum atomic E-state index is -1.22. The molecule has 0 aromatic carbocycles. The molecule has 1 rings (SSSR count). The van der Waals surface area contributed by atoms with E-state index in [9.17, 15) is 9.18 Å². The molecule has 1 atom stereocenters. The van der Waals surface area contributed by atoms with Gasteiger partial charge in [-0.15, -0.1) is 0 Å². The zero-order chi connectivity index (χ0) is 5.98. The van der Waals surface area contributed by atoms with E-state index in [2.05, 4.69) is 0 Å². The minimum Gasteiger partial charge on any atom is -0.292 e. The first kappa shape index (κ1) is 5.48. The summed E-state index contributed by atoms with van der Waals surface area (Å²) in [6.45, 7) is 0. The van der Waals surface area contributed by atoms with Gasteiger partial charge in [-0.1, -0.05) is 6.08 Å². The lowest BCUT2D eigenvalue weighted by Crippen LogP contribution is -2.15. The molecule has 0 heterocycles. The van der Waals surface area contributed by atoms with Gasteiger partial charge in [-0.3, -0.25) is 4.79 Å². The lowest BCUT2D eigenvalue weighted by molar-refractivity contribution is -0.119. The van der Waals surface area contributed by atoms with Crippen molar-refractivity contribution in [1.82, 2.24) is 0 Å². The van der Waals surface area contributed by atoms with Crippen LogP contribution in [0, 0.1) is 0 Å². The topological polar surface area (TPSA) is 17.1 Å². The summed E-state index contributed by atoms with van der Waals surface area (Å²) in [6.07, 6.45) is 2.87. The quantitative estimate of drug-likeness (QED) is 0.463. The largest absolute Gasteiger partial charge is 0.292 e. The number of alkyl halides is 1. The van der Waals surface area contributed by atoms with E-state index in [1.54, 1.807) is 6.08 Å². The Balaban J connectivity index is 2.60. The van der Waals surface area contributed by atoms with Crippen molar-refractivity contribution in [2.45, 2.75) is 19.0 Å². The van der Waals surface area contributed by atoms with E-state index in [-0.39, 0.29) is 5.78 Å². The van der Waals surface area contributed by atoms with E-state index in [1.807, 2.05) is 0 Å². The summed E-state index contributed by atoms with van der Waals surface area (Å²) in [5.74, 6) is -0.378. The number of halogens is 1. The molecule has 0 spiro atoms. The van der Waals surface area contributed by atoms with Crippen molar-refractivity contribution in [1.29, 1.82) is 0 Å². The van der Waals surface area contributed by atoms with Gasteiger partial charge in [0.05, 0.1) is 0 Å². The van der Waals surface area contributed by atoms with E-state index >= 15 is 0 Å². The smallest absolute Gasteiger partial charge is 0.189 e. The van der Waals surface area contributed by atoms with Gasteiger partial charge in [-0.2, -0.15) is 0 Å². The molecule has 0 aromatic rings. The van der Waals surface area contributed by atoms with Crippen molar-refractivity contribution >= 4 is 5.78 Å². The monoisotopic (exact) mass is 114 g/mol. The molecule has 1 nitrogen and oxygen atoms in total. The number of rotatable bonds is 0. The fourth-order valence-corrected chi connectivity index (χ4v) is 0.689. The second-order valence-electron chi connectivity index (χ2n) is 1.85. The van der Waals surface area contributed by atoms with Crippen molar-refractivity contribution in [3.05, 3.63) is 12.2 Å². The van der Waals surface area contributed by atoms with Crippen LogP contribution in [0.3, 0.4) is 0 Å². The van der Waals surface area contributed by atoms with Crippen LogP contribution >= 0.6 is 0 Å². The number of hydrogen-bond acceptors (Lipinski definition) is 1. The Kier molecular flexibility index (Phi) is 1.42. The van der Waals surface area contributed by atoms with Gasteiger partial charge in [0.15, 0.2) is 12.0 Å². The maximum Gasteiger partial charge on any atom is 0.189 e. The lowest BCUT2D eigenvalue weighted by atomic mass is 10.1. The molecule has 1 aliphatic carbocycles. The molecule has 1 unspecified atom stereocenters. The Morgan fingerprint density at radius 1 is 1.75 bits per heavy atom. The van der Waals surface area contributed by atoms with Gasteiger partial charge in [0, 0.05) is 0 Å². The molecular formula is C6H7FO. The van der Waals surface area contributed by atoms with Gasteiger partial charge >= 0.3 is 0 Å². The molecule has 0 aliphatic heterocycles. The highest BCUT2D eigenvalue weighted by atomic mass is 19.1. The zero-order valence-corrected chi connectivity index (χ0v) is 4.43. The minimum absolute atomic E-state index is 0.370. The molecule has 0 N–H and O–H groups in total. The van der Waals surface area contributed by atoms with Crippen LogP contribution in [0.4, 0.5) is 4.39 Å². The van der Waals surface area contributed by atoms with Gasteiger partial charge in [0.2, 0.25) is 0 Å². The van der Waals surface area contributed by atoms with E-state index in [0.29, 0.717) is 12.8 Å². The molecule has 1 aliphatic rings. The van der Waals surface area contributed by atoms with Gasteiger partial charge in [0.25, 0.3) is 0 Å². The number of carbonyl (C=O) groups is 1. The average molecular weight is 114 g/mol. The molecule has 2 heteroatoms. The summed E-state index contributed by atoms with van der Waals surface area (Å²) < 4.78 is 12.2. The maximum absolute atomic E-state index is 12.2. The molecule has 0 bridgehead atoms. The molecule has 0 saturated carbocycles. The lowest BCUT2D eigenvalue weighted by Gasteiger charge is -2.05. The first-order chi connectivity index (χ1) is 3.80. The van der Waals surface area contributed by atoms with Crippen LogP contribution in [0.2, 0.25) is 0 Å². The fourth-order valence-electron chi connectivity index (χ4n) is 0.689. The Morgan fingerprint density at radius 2 is 2.50 bits per heavy atom. The second-order valence-corrected chi connectivity index (χ2v) is 1.85. The third-order valence-corrected chi connectivity index (χ3v) is 1.18. The predicted molar refractivity (Wildman–Crippen MR) is 28.3 cm³/mol. The second kappa shape index (κ2) is 2.07. The molecule has 0 amide bonds. The Hall–Kier alpha value is -0.660. The van der Waals surface area contributed by atoms with Gasteiger partial charge in [-0.05, 0) is 18.9 Å². The summed E-state index contributed by atoms with van der Waals surface area (Å²) in [7, 11) is 0. The number of ketones is 1. The van der Waals surface area contributed by atoms with Crippen molar-refractivity contribution in [2.75, 3.05) is 0 Å². The Bertz CT molecular complexity index is 128. The van der Waals surface area contributed by atoms with E-state index in [1.165, 1.54) is 6.08 Å². The number of allylic oxidation sites excluding steroid dienone is 2. The summed E-state index contributed by atoms with van der Waals surface area (Å²) in [4.78, 5) is 10.3. The van der Waals surface area contributed by atoms with Crippen LogP contribution in [0.15, 0.2) is 12.2 Å². The maximum atomic E-state index is 12.2. The molecule has 0 aromatic heterocycles. The van der Waals surface area contributed by atoms with Crippen molar-refractivity contribution < 1.29 is 9.18 Å². The van der Waals surface area contributed by atoms with E-state index in [4.69, 9.17) is 0 Å². The highest BCUT2D eigenvalue weighted by molar-refractivity contribution is 5.94. The summed E-state index contributed by atoms with van der Waals surface area (Å²) in [5.41, 5.74) is 0. The molecule has 0 radical (unpaired) electrons. The van der Waals surface area contributed by atoms with Crippen molar-refractivity contribution in [2.24, 2.45) is 0 Å². The first-order valence-corrected chi connectivity index (χ1v) is 2.65. The van der Waals surface area contributed by atoms with Crippen LogP contribution in [0.25, 0.3) is 0 Å². The highest BCUT2D eigenvalue weighted by Gasteiger charge is 2.15. The van der Waals surface area contributed by atoms with Gasteiger partial charge in [-0.25, -0.2) is 4.39 Å². The first-order valence-electron chi connectivity index (χ1n) is 2.65. The summed E-state index contributed by atoms with van der Waals surface area (Å²) in [5, 5.41) is 0.